The maximum atomic E-state index is 14.1. The third-order valence-electron chi connectivity index (χ3n) is 15.7. The SMILES string of the molecule is CCCCCCCCCCCCCCOC(=O)CCSCCC(=O)OC(C)n1c(=O)n(C(C)OC(=O)CCSCCC(=O)OCCCCCCCCCCCCCC)c(=O)n(C(C)OC(=O)CCSCCC(=O)OCCCCCCCCCCCCCC)c1=O. The van der Waals surface area contributed by atoms with E-state index in [9.17, 15) is 43.2 Å². The predicted octanol–water partition coefficient (Wildman–Crippen LogP) is 16.6. The topological polar surface area (TPSA) is 224 Å². The van der Waals surface area contributed by atoms with Gasteiger partial charge in [0.05, 0.1) is 58.3 Å². The number of carbonyl (C=O) groups is 6. The fraction of sp³-hybridized carbons (Fsp3) is 0.870. The van der Waals surface area contributed by atoms with Gasteiger partial charge in [0.1, 0.15) is 0 Å². The fourth-order valence-electron chi connectivity index (χ4n) is 10.3. The van der Waals surface area contributed by atoms with Gasteiger partial charge in [-0.15, -0.1) is 0 Å². The lowest BCUT2D eigenvalue weighted by atomic mass is 10.1. The Kier molecular flexibility index (Phi) is 55.3. The van der Waals surface area contributed by atoms with Crippen molar-refractivity contribution in [2.24, 2.45) is 0 Å². The Morgan fingerprint density at radius 3 is 0.633 bits per heavy atom. The molecule has 0 fully saturated rings. The summed E-state index contributed by atoms with van der Waals surface area (Å²) in [5, 5.41) is 0. The quantitative estimate of drug-likeness (QED) is 0.0336. The molecule has 0 radical (unpaired) electrons. The van der Waals surface area contributed by atoms with Gasteiger partial charge >= 0.3 is 52.9 Å². The van der Waals surface area contributed by atoms with E-state index in [1.807, 2.05) is 0 Å². The van der Waals surface area contributed by atoms with Gasteiger partial charge in [-0.3, -0.25) is 28.8 Å². The number of ether oxygens (including phenoxy) is 6. The molecule has 1 aromatic rings. The number of thioether (sulfide) groups is 3. The van der Waals surface area contributed by atoms with Crippen molar-refractivity contribution in [3.63, 3.8) is 0 Å². The van der Waals surface area contributed by atoms with Crippen LogP contribution in [0.2, 0.25) is 0 Å². The maximum absolute atomic E-state index is 14.1. The molecule has 0 spiro atoms. The lowest BCUT2D eigenvalue weighted by Crippen LogP contribution is -2.57. The summed E-state index contributed by atoms with van der Waals surface area (Å²) in [6.45, 7) is 11.6. The van der Waals surface area contributed by atoms with E-state index in [1.165, 1.54) is 229 Å². The number of esters is 6. The molecule has 522 valence electrons. The Hall–Kier alpha value is -3.72. The molecule has 0 amide bonds. The highest BCUT2D eigenvalue weighted by molar-refractivity contribution is 7.99. The highest BCUT2D eigenvalue weighted by Crippen LogP contribution is 2.18. The normalized spacial score (nSPS) is 12.3. The number of unbranched alkanes of at least 4 members (excludes halogenated alkanes) is 33. The van der Waals surface area contributed by atoms with Crippen LogP contribution in [0.15, 0.2) is 14.4 Å². The first-order valence-corrected chi connectivity index (χ1v) is 38.9. The van der Waals surface area contributed by atoms with Crippen LogP contribution in [0, 0.1) is 0 Å². The average molecular weight is 1330 g/mol. The highest BCUT2D eigenvalue weighted by Gasteiger charge is 2.29. The molecule has 0 N–H and O–H groups in total. The second-order valence-corrected chi connectivity index (χ2v) is 27.6. The van der Waals surface area contributed by atoms with Crippen LogP contribution in [0.3, 0.4) is 0 Å². The van der Waals surface area contributed by atoms with Crippen molar-refractivity contribution < 1.29 is 57.2 Å². The smallest absolute Gasteiger partial charge is 0.342 e. The summed E-state index contributed by atoms with van der Waals surface area (Å²) in [5.74, 6) is -1.24. The minimum atomic E-state index is -1.57. The van der Waals surface area contributed by atoms with E-state index in [0.717, 1.165) is 57.8 Å². The minimum Gasteiger partial charge on any atom is -0.466 e. The monoisotopic (exact) mass is 1330 g/mol. The molecule has 90 heavy (non-hydrogen) atoms. The Bertz CT molecular complexity index is 1940. The zero-order valence-electron chi connectivity index (χ0n) is 57.0. The third-order valence-corrected chi connectivity index (χ3v) is 18.7. The second-order valence-electron chi connectivity index (χ2n) is 23.9. The van der Waals surface area contributed by atoms with Gasteiger partial charge in [-0.05, 0) is 40.0 Å². The zero-order chi connectivity index (χ0) is 66.1. The van der Waals surface area contributed by atoms with Crippen LogP contribution in [-0.2, 0) is 57.2 Å². The number of nitrogens with zero attached hydrogens (tertiary/aromatic N) is 3. The van der Waals surface area contributed by atoms with E-state index in [0.29, 0.717) is 50.8 Å². The zero-order valence-corrected chi connectivity index (χ0v) is 59.4. The Morgan fingerprint density at radius 1 is 0.278 bits per heavy atom. The van der Waals surface area contributed by atoms with Crippen LogP contribution in [0.1, 0.15) is 330 Å². The van der Waals surface area contributed by atoms with Crippen molar-refractivity contribution in [3.05, 3.63) is 31.5 Å². The Morgan fingerprint density at radius 2 is 0.444 bits per heavy atom. The van der Waals surface area contributed by atoms with E-state index in [-0.39, 0.29) is 73.7 Å². The molecular formula is C69H123N3O15S3. The van der Waals surface area contributed by atoms with Crippen LogP contribution < -0.4 is 17.1 Å². The molecule has 18 nitrogen and oxygen atoms in total. The standard InChI is InChI=1S/C69H123N3O15S3/c1-7-10-13-16-19-22-25-28-31-34-37-40-49-82-61(73)43-52-88-55-46-64(76)85-58(4)70-67(79)71(59(5)86-65(77)47-56-89-53-44-62(74)83-50-41-38-35-32-29-26-23-20-17-14-11-8-2)69(81)72(68(70)80)60(6)87-66(78)48-57-90-54-45-63(75)84-51-42-39-36-33-30-27-24-21-18-15-12-9-3/h58-60H,7-57H2,1-6H3. The van der Waals surface area contributed by atoms with E-state index >= 15 is 0 Å². The Balaban J connectivity index is 2.78. The van der Waals surface area contributed by atoms with Crippen molar-refractivity contribution in [1.82, 2.24) is 13.7 Å². The van der Waals surface area contributed by atoms with E-state index in [1.54, 1.807) is 0 Å². The van der Waals surface area contributed by atoms with Gasteiger partial charge in [-0.1, -0.05) is 233 Å². The van der Waals surface area contributed by atoms with Crippen molar-refractivity contribution >= 4 is 71.1 Å². The summed E-state index contributed by atoms with van der Waals surface area (Å²) in [6.07, 6.45) is 39.1. The van der Waals surface area contributed by atoms with Crippen LogP contribution >= 0.6 is 35.3 Å². The summed E-state index contributed by atoms with van der Waals surface area (Å²) in [4.78, 5) is 119. The Labute approximate surface area is 554 Å². The van der Waals surface area contributed by atoms with Gasteiger partial charge in [0.2, 0.25) is 0 Å². The molecule has 0 aliphatic rings. The molecule has 1 heterocycles. The molecule has 0 saturated carbocycles. The molecule has 3 atom stereocenters. The van der Waals surface area contributed by atoms with Gasteiger partial charge < -0.3 is 28.4 Å². The van der Waals surface area contributed by atoms with Crippen molar-refractivity contribution in [2.45, 2.75) is 330 Å². The van der Waals surface area contributed by atoms with Crippen LogP contribution in [0.4, 0.5) is 0 Å². The maximum Gasteiger partial charge on any atom is 0.342 e. The predicted molar refractivity (Wildman–Crippen MR) is 367 cm³/mol. The second kappa shape index (κ2) is 59.1. The van der Waals surface area contributed by atoms with Gasteiger partial charge in [-0.25, -0.2) is 28.1 Å². The lowest BCUT2D eigenvalue weighted by molar-refractivity contribution is -0.154. The molecule has 0 aromatic carbocycles. The first-order chi connectivity index (χ1) is 43.7. The van der Waals surface area contributed by atoms with Gasteiger partial charge in [-0.2, -0.15) is 35.3 Å². The van der Waals surface area contributed by atoms with Crippen molar-refractivity contribution in [3.8, 4) is 0 Å². The summed E-state index contributed by atoms with van der Waals surface area (Å²) in [7, 11) is 0. The van der Waals surface area contributed by atoms with Crippen LogP contribution in [-0.4, -0.2) is 104 Å². The molecule has 3 unspecified atom stereocenters. The summed E-state index contributed by atoms with van der Waals surface area (Å²) >= 11 is 4.02. The summed E-state index contributed by atoms with van der Waals surface area (Å²) < 4.78 is 34.4. The average Bonchev–Trinajstić information content (AvgIpc) is 1.50. The van der Waals surface area contributed by atoms with Crippen LogP contribution in [0.25, 0.3) is 0 Å². The number of aromatic nitrogens is 3. The largest absolute Gasteiger partial charge is 0.466 e. The first kappa shape index (κ1) is 84.3. The first-order valence-electron chi connectivity index (χ1n) is 35.5. The van der Waals surface area contributed by atoms with Gasteiger partial charge in [0.15, 0.2) is 18.7 Å². The number of hydrogen-bond donors (Lipinski definition) is 0. The fourth-order valence-corrected chi connectivity index (χ4v) is 12.8. The molecule has 1 aromatic heterocycles. The third kappa shape index (κ3) is 45.6. The highest BCUT2D eigenvalue weighted by atomic mass is 32.2. The number of carbonyl (C=O) groups excluding carboxylic acids is 6. The number of rotatable bonds is 63. The van der Waals surface area contributed by atoms with E-state index < -0.39 is 53.7 Å². The van der Waals surface area contributed by atoms with Crippen molar-refractivity contribution in [1.29, 1.82) is 0 Å². The van der Waals surface area contributed by atoms with Crippen molar-refractivity contribution in [2.75, 3.05) is 54.3 Å². The lowest BCUT2D eigenvalue weighted by Gasteiger charge is -2.23. The van der Waals surface area contributed by atoms with Gasteiger partial charge in [0, 0.05) is 34.5 Å². The van der Waals surface area contributed by atoms with Crippen LogP contribution in [0.5, 0.6) is 0 Å². The van der Waals surface area contributed by atoms with Gasteiger partial charge in [0.25, 0.3) is 0 Å². The summed E-state index contributed by atoms with van der Waals surface area (Å²) in [5.41, 5.74) is -3.72. The minimum absolute atomic E-state index is 0.134. The molecule has 0 bridgehead atoms. The molecule has 0 aliphatic heterocycles. The molecule has 0 aliphatic carbocycles. The number of hydrogen-bond acceptors (Lipinski definition) is 18. The molecule has 21 heteroatoms. The molecular weight excluding hydrogens is 1210 g/mol. The molecule has 0 saturated heterocycles. The summed E-state index contributed by atoms with van der Waals surface area (Å²) in [6, 6.07) is 0. The van der Waals surface area contributed by atoms with E-state index in [4.69, 9.17) is 28.4 Å². The molecule has 1 rings (SSSR count). The van der Waals surface area contributed by atoms with E-state index in [2.05, 4.69) is 20.8 Å².